The van der Waals surface area contributed by atoms with Gasteiger partial charge in [0.05, 0.1) is 5.56 Å². The van der Waals surface area contributed by atoms with Crippen LogP contribution in [0.4, 0.5) is 5.82 Å². The van der Waals surface area contributed by atoms with Gasteiger partial charge in [0.1, 0.15) is 18.2 Å². The van der Waals surface area contributed by atoms with E-state index in [9.17, 15) is 9.59 Å². The van der Waals surface area contributed by atoms with Gasteiger partial charge in [0.2, 0.25) is 5.91 Å². The molecule has 1 aliphatic heterocycles. The Morgan fingerprint density at radius 3 is 2.70 bits per heavy atom. The highest BCUT2D eigenvalue weighted by atomic mass is 32.2. The Balaban J connectivity index is 2.01. The highest BCUT2D eigenvalue weighted by Crippen LogP contribution is 2.36. The summed E-state index contributed by atoms with van der Waals surface area (Å²) in [4.78, 5) is 29.3. The second kappa shape index (κ2) is 8.26. The first-order valence-corrected chi connectivity index (χ1v) is 9.51. The monoisotopic (exact) mass is 383 g/mol. The minimum atomic E-state index is -0.341. The van der Waals surface area contributed by atoms with Crippen LogP contribution in [0, 0.1) is 0 Å². The summed E-state index contributed by atoms with van der Waals surface area (Å²) in [6, 6.07) is 7.42. The molecule has 1 aromatic heterocycles. The Labute approximate surface area is 162 Å². The van der Waals surface area contributed by atoms with E-state index >= 15 is 0 Å². The van der Waals surface area contributed by atoms with Crippen molar-refractivity contribution in [2.45, 2.75) is 17.5 Å². The first-order valence-electron chi connectivity index (χ1n) is 8.53. The van der Waals surface area contributed by atoms with Gasteiger partial charge in [-0.15, -0.1) is 6.58 Å². The molecule has 1 amide bonds. The molecule has 3 rings (SSSR count). The van der Waals surface area contributed by atoms with E-state index in [1.807, 2.05) is 24.3 Å². The predicted molar refractivity (Wildman–Crippen MR) is 108 cm³/mol. The van der Waals surface area contributed by atoms with Crippen LogP contribution in [0.2, 0.25) is 0 Å². The molecule has 1 unspecified atom stereocenters. The van der Waals surface area contributed by atoms with Crippen molar-refractivity contribution in [3.05, 3.63) is 71.1 Å². The van der Waals surface area contributed by atoms with Crippen LogP contribution in [0.3, 0.4) is 0 Å². The summed E-state index contributed by atoms with van der Waals surface area (Å²) in [5, 5.41) is 3.38. The van der Waals surface area contributed by atoms with Gasteiger partial charge in [-0.25, -0.2) is 0 Å². The lowest BCUT2D eigenvalue weighted by Crippen LogP contribution is -2.33. The first-order chi connectivity index (χ1) is 13.0. The van der Waals surface area contributed by atoms with Gasteiger partial charge in [-0.1, -0.05) is 42.6 Å². The van der Waals surface area contributed by atoms with Crippen molar-refractivity contribution in [3.8, 4) is 5.75 Å². The number of fused-ring (bicyclic) bond motifs is 1. The molecule has 0 saturated carbocycles. The number of rotatable bonds is 7. The Morgan fingerprint density at radius 2 is 2.04 bits per heavy atom. The third-order valence-electron chi connectivity index (χ3n) is 4.28. The standard InChI is InChI=1S/C20H21N3O3S/c1-4-10-26-14-8-6-13(7-9-14)15-12-16(24)21-18-17(15)19(25)22-20(23(18)3)27-11-5-2/h4-9,15H,1-2,10-12H2,3H3,(H,21,24). The molecule has 0 aliphatic carbocycles. The van der Waals surface area contributed by atoms with Crippen LogP contribution >= 0.6 is 11.8 Å². The van der Waals surface area contributed by atoms with E-state index in [1.165, 1.54) is 11.8 Å². The molecule has 2 heterocycles. The van der Waals surface area contributed by atoms with Crippen LogP contribution in [0.25, 0.3) is 0 Å². The Hall–Kier alpha value is -2.80. The van der Waals surface area contributed by atoms with Gasteiger partial charge in [-0.05, 0) is 17.7 Å². The lowest BCUT2D eigenvalue weighted by Gasteiger charge is -2.27. The normalized spacial score (nSPS) is 15.6. The largest absolute Gasteiger partial charge is 0.490 e. The molecule has 0 fully saturated rings. The number of carbonyl (C=O) groups excluding carboxylic acids is 1. The highest BCUT2D eigenvalue weighted by molar-refractivity contribution is 7.99. The fourth-order valence-electron chi connectivity index (χ4n) is 3.03. The molecule has 6 nitrogen and oxygen atoms in total. The van der Waals surface area contributed by atoms with Gasteiger partial charge >= 0.3 is 0 Å². The van der Waals surface area contributed by atoms with Gasteiger partial charge < -0.3 is 14.6 Å². The van der Waals surface area contributed by atoms with E-state index in [4.69, 9.17) is 4.74 Å². The third kappa shape index (κ3) is 3.98. The third-order valence-corrected chi connectivity index (χ3v) is 5.31. The minimum Gasteiger partial charge on any atom is -0.490 e. The van der Waals surface area contributed by atoms with E-state index in [2.05, 4.69) is 23.5 Å². The van der Waals surface area contributed by atoms with Gasteiger partial charge in [-0.3, -0.25) is 9.59 Å². The molecule has 27 heavy (non-hydrogen) atoms. The molecule has 0 bridgehead atoms. The van der Waals surface area contributed by atoms with Crippen LogP contribution in [0.1, 0.15) is 23.5 Å². The number of amides is 1. The summed E-state index contributed by atoms with van der Waals surface area (Å²) >= 11 is 1.40. The van der Waals surface area contributed by atoms with Crippen molar-refractivity contribution in [3.63, 3.8) is 0 Å². The van der Waals surface area contributed by atoms with Crippen molar-refractivity contribution in [1.29, 1.82) is 0 Å². The topological polar surface area (TPSA) is 73.2 Å². The zero-order valence-electron chi connectivity index (χ0n) is 15.1. The summed E-state index contributed by atoms with van der Waals surface area (Å²) in [7, 11) is 1.80. The van der Waals surface area contributed by atoms with E-state index in [0.29, 0.717) is 34.6 Å². The molecule has 1 atom stereocenters. The van der Waals surface area contributed by atoms with Crippen LogP contribution in [-0.2, 0) is 11.8 Å². The number of benzene rings is 1. The zero-order chi connectivity index (χ0) is 19.4. The molecule has 7 heteroatoms. The van der Waals surface area contributed by atoms with Crippen molar-refractivity contribution >= 4 is 23.5 Å². The number of thioether (sulfide) groups is 1. The Morgan fingerprint density at radius 1 is 1.30 bits per heavy atom. The quantitative estimate of drug-likeness (QED) is 0.452. The summed E-state index contributed by atoms with van der Waals surface area (Å²) in [6.45, 7) is 7.73. The molecular weight excluding hydrogens is 362 g/mol. The molecule has 140 valence electrons. The van der Waals surface area contributed by atoms with Crippen LogP contribution < -0.4 is 15.6 Å². The SMILES string of the molecule is C=CCOc1ccc(C2CC(=O)Nc3c2c(=O)nc(SCC=C)n3C)cc1. The molecule has 2 aromatic rings. The Kier molecular flexibility index (Phi) is 5.81. The number of anilines is 1. The van der Waals surface area contributed by atoms with Crippen LogP contribution in [0.5, 0.6) is 5.75 Å². The maximum Gasteiger partial charge on any atom is 0.279 e. The van der Waals surface area contributed by atoms with Crippen molar-refractivity contribution in [2.24, 2.45) is 7.05 Å². The van der Waals surface area contributed by atoms with Crippen LogP contribution in [-0.4, -0.2) is 27.8 Å². The summed E-state index contributed by atoms with van der Waals surface area (Å²) in [6.07, 6.45) is 3.62. The first kappa shape index (κ1) is 19.0. The number of nitrogens with zero attached hydrogens (tertiary/aromatic N) is 2. The maximum atomic E-state index is 12.7. The second-order valence-electron chi connectivity index (χ2n) is 6.09. The number of carbonyl (C=O) groups is 1. The number of hydrogen-bond acceptors (Lipinski definition) is 5. The Bertz CT molecular complexity index is 935. The number of hydrogen-bond donors (Lipinski definition) is 1. The summed E-state index contributed by atoms with van der Waals surface area (Å²) < 4.78 is 7.26. The highest BCUT2D eigenvalue weighted by Gasteiger charge is 2.32. The lowest BCUT2D eigenvalue weighted by atomic mass is 9.87. The fourth-order valence-corrected chi connectivity index (χ4v) is 3.73. The fraction of sp³-hybridized carbons (Fsp3) is 0.250. The van der Waals surface area contributed by atoms with Gasteiger partial charge in [0, 0.05) is 25.1 Å². The van der Waals surface area contributed by atoms with Gasteiger partial charge in [0.15, 0.2) is 5.16 Å². The van der Waals surface area contributed by atoms with Crippen molar-refractivity contribution in [2.75, 3.05) is 17.7 Å². The molecule has 1 aliphatic rings. The molecule has 1 aromatic carbocycles. The second-order valence-corrected chi connectivity index (χ2v) is 7.08. The molecule has 0 saturated heterocycles. The van der Waals surface area contributed by atoms with E-state index in [-0.39, 0.29) is 23.8 Å². The van der Waals surface area contributed by atoms with Crippen molar-refractivity contribution < 1.29 is 9.53 Å². The van der Waals surface area contributed by atoms with E-state index in [0.717, 1.165) is 5.56 Å². The van der Waals surface area contributed by atoms with E-state index < -0.39 is 0 Å². The van der Waals surface area contributed by atoms with E-state index in [1.54, 1.807) is 23.8 Å². The van der Waals surface area contributed by atoms with Gasteiger partial charge in [0.25, 0.3) is 5.56 Å². The summed E-state index contributed by atoms with van der Waals surface area (Å²) in [5.41, 5.74) is 1.08. The summed E-state index contributed by atoms with van der Waals surface area (Å²) in [5.74, 6) is 1.38. The number of nitrogens with one attached hydrogen (secondary N) is 1. The smallest absolute Gasteiger partial charge is 0.279 e. The molecular formula is C20H21N3O3S. The molecule has 0 spiro atoms. The maximum absolute atomic E-state index is 12.7. The number of ether oxygens (including phenoxy) is 1. The molecule has 1 N–H and O–H groups in total. The van der Waals surface area contributed by atoms with Crippen LogP contribution in [0.15, 0.2) is 59.5 Å². The zero-order valence-corrected chi connectivity index (χ0v) is 15.9. The molecule has 0 radical (unpaired) electrons. The van der Waals surface area contributed by atoms with Crippen molar-refractivity contribution in [1.82, 2.24) is 9.55 Å². The van der Waals surface area contributed by atoms with Gasteiger partial charge in [-0.2, -0.15) is 4.98 Å². The number of aromatic nitrogens is 2. The minimum absolute atomic E-state index is 0.125. The average Bonchev–Trinajstić information content (AvgIpc) is 2.67. The average molecular weight is 383 g/mol. The lowest BCUT2D eigenvalue weighted by molar-refractivity contribution is -0.116. The predicted octanol–water partition coefficient (Wildman–Crippen LogP) is 3.10.